The van der Waals surface area contributed by atoms with E-state index in [2.05, 4.69) is 22.3 Å². The van der Waals surface area contributed by atoms with Crippen LogP contribution in [0.25, 0.3) is 0 Å². The minimum atomic E-state index is -0.778. The lowest BCUT2D eigenvalue weighted by Gasteiger charge is -2.37. The summed E-state index contributed by atoms with van der Waals surface area (Å²) in [6.07, 6.45) is 4.48. The summed E-state index contributed by atoms with van der Waals surface area (Å²) in [5.74, 6) is -1.37. The summed E-state index contributed by atoms with van der Waals surface area (Å²) in [4.78, 5) is 29.1. The maximum Gasteiger partial charge on any atom is 0.257 e. The predicted molar refractivity (Wildman–Crippen MR) is 143 cm³/mol. The van der Waals surface area contributed by atoms with E-state index in [1.54, 1.807) is 6.20 Å². The molecule has 0 aliphatic carbocycles. The fraction of sp³-hybridized carbons (Fsp3) is 0.267. The van der Waals surface area contributed by atoms with Gasteiger partial charge < -0.3 is 19.5 Å². The number of hydrogen-bond donors (Lipinski definition) is 1. The molecule has 0 radical (unpaired) electrons. The van der Waals surface area contributed by atoms with Crippen molar-refractivity contribution in [2.24, 2.45) is 0 Å². The Bertz CT molecular complexity index is 1460. The number of carbonyl (C=O) groups is 1. The first-order valence-electron chi connectivity index (χ1n) is 12.7. The van der Waals surface area contributed by atoms with Crippen LogP contribution in [0.15, 0.2) is 89.4 Å². The minimum absolute atomic E-state index is 0.0131. The minimum Gasteiger partial charge on any atom is -0.483 e. The number of benzene rings is 2. The van der Waals surface area contributed by atoms with E-state index in [0.29, 0.717) is 12.2 Å². The molecule has 0 spiro atoms. The van der Waals surface area contributed by atoms with Crippen molar-refractivity contribution in [3.63, 3.8) is 0 Å². The van der Waals surface area contributed by atoms with Crippen LogP contribution in [-0.2, 0) is 19.6 Å². The number of pyridine rings is 1. The van der Waals surface area contributed by atoms with Crippen LogP contribution in [0.1, 0.15) is 46.6 Å². The van der Waals surface area contributed by atoms with Crippen LogP contribution in [-0.4, -0.2) is 23.6 Å². The number of hydrogen-bond acceptors (Lipinski definition) is 4. The number of allylic oxidation sites excluding steroid dienone is 1. The summed E-state index contributed by atoms with van der Waals surface area (Å²) in [7, 11) is 0. The van der Waals surface area contributed by atoms with E-state index in [9.17, 15) is 18.4 Å². The molecule has 3 aromatic rings. The van der Waals surface area contributed by atoms with Gasteiger partial charge in [0.2, 0.25) is 5.43 Å². The summed E-state index contributed by atoms with van der Waals surface area (Å²) in [5, 5.41) is 2.49. The first kappa shape index (κ1) is 25.4. The fourth-order valence-electron chi connectivity index (χ4n) is 5.15. The number of nitrogens with one attached hydrogen (secondary N) is 1. The van der Waals surface area contributed by atoms with Crippen LogP contribution in [0.4, 0.5) is 14.5 Å². The summed E-state index contributed by atoms with van der Waals surface area (Å²) in [6.45, 7) is 2.39. The molecule has 6 nitrogen and oxygen atoms in total. The zero-order chi connectivity index (χ0) is 26.6. The van der Waals surface area contributed by atoms with Gasteiger partial charge in [0.05, 0.1) is 24.6 Å². The molecular weight excluding hydrogens is 488 g/mol. The topological polar surface area (TPSA) is 63.6 Å². The first-order valence-corrected chi connectivity index (χ1v) is 12.7. The van der Waals surface area contributed by atoms with Gasteiger partial charge >= 0.3 is 0 Å². The van der Waals surface area contributed by atoms with E-state index in [4.69, 9.17) is 4.74 Å². The van der Waals surface area contributed by atoms with E-state index in [0.717, 1.165) is 36.7 Å². The Morgan fingerprint density at radius 1 is 1.16 bits per heavy atom. The SMILES string of the molecule is C/C=C(F)\C(=C/F)CNC(=O)c1cn2c(c(OCc3ccccc3)c1=O)CN1CC2CCc2ccccc21. The molecule has 196 valence electrons. The number of nitrogens with zero attached hydrogens (tertiary/aromatic N) is 2. The Morgan fingerprint density at radius 2 is 1.92 bits per heavy atom. The van der Waals surface area contributed by atoms with Gasteiger partial charge in [-0.05, 0) is 37.0 Å². The molecule has 0 saturated carbocycles. The first-order chi connectivity index (χ1) is 18.5. The molecule has 1 unspecified atom stereocenters. The van der Waals surface area contributed by atoms with Gasteiger partial charge in [-0.3, -0.25) is 9.59 Å². The van der Waals surface area contributed by atoms with Gasteiger partial charge in [0.15, 0.2) is 5.75 Å². The molecule has 2 aliphatic heterocycles. The smallest absolute Gasteiger partial charge is 0.257 e. The van der Waals surface area contributed by atoms with E-state index in [1.807, 2.05) is 47.0 Å². The molecule has 0 saturated heterocycles. The standard InChI is InChI=1S/C30H29F2N3O3/c1-2-25(32)22(14-31)15-33-30(37)24-17-35-23-13-12-21-10-6-7-11-26(21)34(16-23)18-27(35)29(28(24)36)38-19-20-8-4-3-5-9-20/h2-11,14,17,23H,12-13,15-16,18-19H2,1H3,(H,33,37)/b22-14-,25-2+. The lowest BCUT2D eigenvalue weighted by Crippen LogP contribution is -2.40. The number of carbonyl (C=O) groups excluding carboxylic acids is 1. The Kier molecular flexibility index (Phi) is 7.40. The number of anilines is 1. The highest BCUT2D eigenvalue weighted by molar-refractivity contribution is 5.94. The zero-order valence-electron chi connectivity index (χ0n) is 21.1. The van der Waals surface area contributed by atoms with Crippen molar-refractivity contribution in [1.82, 2.24) is 9.88 Å². The fourth-order valence-corrected chi connectivity index (χ4v) is 5.15. The third-order valence-corrected chi connectivity index (χ3v) is 7.14. The molecule has 38 heavy (non-hydrogen) atoms. The van der Waals surface area contributed by atoms with Gasteiger partial charge in [-0.2, -0.15) is 0 Å². The van der Waals surface area contributed by atoms with Gasteiger partial charge in [-0.25, -0.2) is 8.78 Å². The van der Waals surface area contributed by atoms with Crippen LogP contribution in [0.5, 0.6) is 5.75 Å². The number of ether oxygens (including phenoxy) is 1. The normalized spacial score (nSPS) is 16.8. The largest absolute Gasteiger partial charge is 0.483 e. The molecule has 1 amide bonds. The summed E-state index contributed by atoms with van der Waals surface area (Å²) in [5.41, 5.74) is 3.00. The molecule has 8 heteroatoms. The summed E-state index contributed by atoms with van der Waals surface area (Å²) >= 11 is 0. The Hall–Kier alpha value is -4.20. The molecule has 3 heterocycles. The van der Waals surface area contributed by atoms with Crippen molar-refractivity contribution < 1.29 is 18.3 Å². The van der Waals surface area contributed by atoms with Crippen LogP contribution in [0.3, 0.4) is 0 Å². The molecule has 1 atom stereocenters. The van der Waals surface area contributed by atoms with Gasteiger partial charge in [0.25, 0.3) is 5.91 Å². The molecule has 5 rings (SSSR count). The number of aromatic nitrogens is 1. The second-order valence-electron chi connectivity index (χ2n) is 9.48. The lowest BCUT2D eigenvalue weighted by molar-refractivity contribution is 0.0954. The average Bonchev–Trinajstić information content (AvgIpc) is 3.10. The van der Waals surface area contributed by atoms with Gasteiger partial charge in [0.1, 0.15) is 18.0 Å². The van der Waals surface area contributed by atoms with Crippen molar-refractivity contribution in [2.45, 2.75) is 39.0 Å². The van der Waals surface area contributed by atoms with E-state index >= 15 is 0 Å². The maximum atomic E-state index is 13.9. The quantitative estimate of drug-likeness (QED) is 0.427. The Balaban J connectivity index is 1.53. The van der Waals surface area contributed by atoms with Crippen molar-refractivity contribution in [2.75, 3.05) is 18.0 Å². The van der Waals surface area contributed by atoms with Crippen molar-refractivity contribution >= 4 is 11.6 Å². The summed E-state index contributed by atoms with van der Waals surface area (Å²) in [6, 6.07) is 17.8. The monoisotopic (exact) mass is 517 g/mol. The van der Waals surface area contributed by atoms with Crippen molar-refractivity contribution in [1.29, 1.82) is 0 Å². The highest BCUT2D eigenvalue weighted by Gasteiger charge is 2.33. The summed E-state index contributed by atoms with van der Waals surface area (Å²) < 4.78 is 35.2. The lowest BCUT2D eigenvalue weighted by atomic mass is 10.0. The van der Waals surface area contributed by atoms with Crippen LogP contribution >= 0.6 is 0 Å². The molecular formula is C30H29F2N3O3. The van der Waals surface area contributed by atoms with Crippen molar-refractivity contribution in [3.05, 3.63) is 117 Å². The van der Waals surface area contributed by atoms with Crippen molar-refractivity contribution in [3.8, 4) is 5.75 Å². The number of para-hydroxylation sites is 1. The number of fused-ring (bicyclic) bond motifs is 6. The molecule has 2 aromatic carbocycles. The molecule has 2 aliphatic rings. The van der Waals surface area contributed by atoms with Crippen LogP contribution < -0.4 is 20.4 Å². The molecule has 1 aromatic heterocycles. The number of halogens is 2. The Morgan fingerprint density at radius 3 is 2.68 bits per heavy atom. The second kappa shape index (κ2) is 11.0. The van der Waals surface area contributed by atoms with Gasteiger partial charge in [-0.15, -0.1) is 0 Å². The van der Waals surface area contributed by atoms with E-state index < -0.39 is 17.2 Å². The van der Waals surface area contributed by atoms with Crippen LogP contribution in [0, 0.1) is 0 Å². The van der Waals surface area contributed by atoms with Crippen LogP contribution in [0.2, 0.25) is 0 Å². The van der Waals surface area contributed by atoms with E-state index in [1.165, 1.54) is 12.5 Å². The van der Waals surface area contributed by atoms with Gasteiger partial charge in [-0.1, -0.05) is 54.6 Å². The maximum absolute atomic E-state index is 13.9. The Labute approximate surface area is 219 Å². The molecule has 2 bridgehead atoms. The number of rotatable bonds is 7. The average molecular weight is 518 g/mol. The highest BCUT2D eigenvalue weighted by atomic mass is 19.1. The number of aryl methyl sites for hydroxylation is 1. The molecule has 0 fully saturated rings. The second-order valence-corrected chi connectivity index (χ2v) is 9.48. The number of amides is 1. The van der Waals surface area contributed by atoms with E-state index in [-0.39, 0.29) is 42.4 Å². The van der Waals surface area contributed by atoms with Gasteiger partial charge in [0, 0.05) is 30.5 Å². The zero-order valence-corrected chi connectivity index (χ0v) is 21.1. The predicted octanol–water partition coefficient (Wildman–Crippen LogP) is 5.39. The third kappa shape index (κ3) is 4.98. The molecule has 1 N–H and O–H groups in total. The highest BCUT2D eigenvalue weighted by Crippen LogP contribution is 2.37. The third-order valence-electron chi connectivity index (χ3n) is 7.14.